The van der Waals surface area contributed by atoms with Crippen LogP contribution in [-0.2, 0) is 4.79 Å². The molecule has 0 bridgehead atoms. The summed E-state index contributed by atoms with van der Waals surface area (Å²) in [6, 6.07) is 10.5. The van der Waals surface area contributed by atoms with E-state index in [0.29, 0.717) is 5.92 Å². The fourth-order valence-corrected chi connectivity index (χ4v) is 3.29. The zero-order valence-corrected chi connectivity index (χ0v) is 12.5. The molecule has 0 radical (unpaired) electrons. The molecule has 3 rings (SSSR count). The maximum absolute atomic E-state index is 12.1. The van der Waals surface area contributed by atoms with Crippen LogP contribution >= 0.6 is 0 Å². The zero-order chi connectivity index (χ0) is 14.5. The fourth-order valence-electron chi connectivity index (χ4n) is 3.29. The van der Waals surface area contributed by atoms with Crippen LogP contribution < -0.4 is 10.2 Å². The Kier molecular flexibility index (Phi) is 4.59. The minimum Gasteiger partial charge on any atom is -0.371 e. The van der Waals surface area contributed by atoms with Crippen molar-refractivity contribution in [3.05, 3.63) is 42.5 Å². The quantitative estimate of drug-likeness (QED) is 0.862. The summed E-state index contributed by atoms with van der Waals surface area (Å²) in [5, 5.41) is 3.17. The summed E-state index contributed by atoms with van der Waals surface area (Å²) >= 11 is 0. The summed E-state index contributed by atoms with van der Waals surface area (Å²) in [5.74, 6) is 1.02. The number of para-hydroxylation sites is 1. The van der Waals surface area contributed by atoms with Crippen molar-refractivity contribution >= 4 is 11.6 Å². The number of benzene rings is 1. The van der Waals surface area contributed by atoms with Gasteiger partial charge in [0.05, 0.1) is 0 Å². The van der Waals surface area contributed by atoms with Crippen LogP contribution in [0.25, 0.3) is 0 Å². The molecular weight excluding hydrogens is 260 g/mol. The van der Waals surface area contributed by atoms with Gasteiger partial charge in [-0.1, -0.05) is 30.4 Å². The highest BCUT2D eigenvalue weighted by Crippen LogP contribution is 2.23. The molecule has 2 atom stereocenters. The van der Waals surface area contributed by atoms with Gasteiger partial charge in [0.2, 0.25) is 5.91 Å². The van der Waals surface area contributed by atoms with Crippen LogP contribution in [0.1, 0.15) is 25.7 Å². The Morgan fingerprint density at radius 1 is 1.19 bits per heavy atom. The first-order valence-corrected chi connectivity index (χ1v) is 8.05. The molecule has 1 fully saturated rings. The predicted octanol–water partition coefficient (Wildman–Crippen LogP) is 2.99. The lowest BCUT2D eigenvalue weighted by Crippen LogP contribution is -2.35. The van der Waals surface area contributed by atoms with E-state index < -0.39 is 0 Å². The van der Waals surface area contributed by atoms with Crippen LogP contribution in [0.2, 0.25) is 0 Å². The van der Waals surface area contributed by atoms with E-state index in [-0.39, 0.29) is 11.8 Å². The third-order valence-electron chi connectivity index (χ3n) is 4.61. The monoisotopic (exact) mass is 284 g/mol. The zero-order valence-electron chi connectivity index (χ0n) is 12.5. The number of carbonyl (C=O) groups excluding carboxylic acids is 1. The van der Waals surface area contributed by atoms with Crippen molar-refractivity contribution in [2.24, 2.45) is 11.8 Å². The van der Waals surface area contributed by atoms with Gasteiger partial charge in [0.25, 0.3) is 0 Å². The maximum atomic E-state index is 12.1. The van der Waals surface area contributed by atoms with Gasteiger partial charge in [-0.2, -0.15) is 0 Å². The number of nitrogens with one attached hydrogen (secondary N) is 1. The third kappa shape index (κ3) is 3.66. The number of rotatable bonds is 4. The van der Waals surface area contributed by atoms with Crippen LogP contribution in [0.15, 0.2) is 42.5 Å². The largest absolute Gasteiger partial charge is 0.371 e. The molecule has 3 nitrogen and oxygen atoms in total. The number of anilines is 1. The average molecular weight is 284 g/mol. The lowest BCUT2D eigenvalue weighted by atomic mass is 9.93. The van der Waals surface area contributed by atoms with Crippen molar-refractivity contribution in [1.82, 2.24) is 5.32 Å². The Labute approximate surface area is 127 Å². The molecular formula is C18H24N2O. The molecule has 21 heavy (non-hydrogen) atoms. The molecule has 1 amide bonds. The standard InChI is InChI=1S/C18H24N2O/c21-18(16-7-3-1-4-8-16)19-13-15-11-12-20(14-15)17-9-5-2-6-10-17/h1-3,5-6,9-10,15-16H,4,7-8,11-14H2,(H,19,21)/t15-,16+/m0/s1. The Hall–Kier alpha value is -1.77. The van der Waals surface area contributed by atoms with E-state index >= 15 is 0 Å². The summed E-state index contributed by atoms with van der Waals surface area (Å²) in [4.78, 5) is 14.6. The van der Waals surface area contributed by atoms with Crippen molar-refractivity contribution in [2.75, 3.05) is 24.5 Å². The molecule has 0 aromatic heterocycles. The molecule has 1 heterocycles. The topological polar surface area (TPSA) is 32.3 Å². The van der Waals surface area contributed by atoms with Crippen LogP contribution in [0.4, 0.5) is 5.69 Å². The lowest BCUT2D eigenvalue weighted by Gasteiger charge is -2.20. The second kappa shape index (κ2) is 6.79. The normalized spacial score (nSPS) is 25.0. The number of hydrogen-bond acceptors (Lipinski definition) is 2. The Morgan fingerprint density at radius 2 is 2.05 bits per heavy atom. The lowest BCUT2D eigenvalue weighted by molar-refractivity contribution is -0.125. The van der Waals surface area contributed by atoms with Crippen molar-refractivity contribution in [1.29, 1.82) is 0 Å². The van der Waals surface area contributed by atoms with E-state index in [1.165, 1.54) is 12.1 Å². The van der Waals surface area contributed by atoms with Gasteiger partial charge in [-0.05, 0) is 43.7 Å². The van der Waals surface area contributed by atoms with E-state index in [2.05, 4.69) is 52.7 Å². The van der Waals surface area contributed by atoms with Crippen LogP contribution in [0.3, 0.4) is 0 Å². The van der Waals surface area contributed by atoms with Crippen molar-refractivity contribution < 1.29 is 4.79 Å². The van der Waals surface area contributed by atoms with Gasteiger partial charge >= 0.3 is 0 Å². The molecule has 1 aromatic rings. The van der Waals surface area contributed by atoms with Gasteiger partial charge in [0, 0.05) is 31.2 Å². The maximum Gasteiger partial charge on any atom is 0.223 e. The first-order chi connectivity index (χ1) is 10.3. The number of hydrogen-bond donors (Lipinski definition) is 1. The molecule has 2 aliphatic rings. The van der Waals surface area contributed by atoms with E-state index in [9.17, 15) is 4.79 Å². The molecule has 1 N–H and O–H groups in total. The van der Waals surface area contributed by atoms with Crippen LogP contribution in [-0.4, -0.2) is 25.5 Å². The summed E-state index contributed by atoms with van der Waals surface area (Å²) in [5.41, 5.74) is 1.30. The molecule has 112 valence electrons. The summed E-state index contributed by atoms with van der Waals surface area (Å²) < 4.78 is 0. The van der Waals surface area contributed by atoms with E-state index in [1.807, 2.05) is 0 Å². The number of allylic oxidation sites excluding steroid dienone is 2. The Balaban J connectivity index is 1.45. The third-order valence-corrected chi connectivity index (χ3v) is 4.61. The molecule has 0 unspecified atom stereocenters. The van der Waals surface area contributed by atoms with Gasteiger partial charge < -0.3 is 10.2 Å². The van der Waals surface area contributed by atoms with Crippen molar-refractivity contribution in [2.45, 2.75) is 25.7 Å². The van der Waals surface area contributed by atoms with E-state index in [4.69, 9.17) is 0 Å². The minimum atomic E-state index is 0.196. The van der Waals surface area contributed by atoms with E-state index in [1.54, 1.807) is 0 Å². The van der Waals surface area contributed by atoms with Crippen molar-refractivity contribution in [3.8, 4) is 0 Å². The Bertz CT molecular complexity index is 497. The summed E-state index contributed by atoms with van der Waals surface area (Å²) in [6.45, 7) is 2.97. The molecule has 1 aliphatic heterocycles. The van der Waals surface area contributed by atoms with Gasteiger partial charge in [0.1, 0.15) is 0 Å². The average Bonchev–Trinajstić information content (AvgIpc) is 3.03. The number of amides is 1. The highest BCUT2D eigenvalue weighted by Gasteiger charge is 2.24. The molecule has 1 aliphatic carbocycles. The molecule has 0 saturated carbocycles. The second-order valence-corrected chi connectivity index (χ2v) is 6.16. The van der Waals surface area contributed by atoms with Crippen molar-refractivity contribution in [3.63, 3.8) is 0 Å². The molecule has 1 aromatic carbocycles. The summed E-state index contributed by atoms with van der Waals surface area (Å²) in [7, 11) is 0. The van der Waals surface area contributed by atoms with Crippen LogP contribution in [0.5, 0.6) is 0 Å². The molecule has 3 heteroatoms. The minimum absolute atomic E-state index is 0.196. The number of nitrogens with zero attached hydrogens (tertiary/aromatic N) is 1. The smallest absolute Gasteiger partial charge is 0.223 e. The SMILES string of the molecule is O=C(NC[C@@H]1CCN(c2ccccc2)C1)[C@@H]1CC=CCC1. The predicted molar refractivity (Wildman–Crippen MR) is 86.3 cm³/mol. The Morgan fingerprint density at radius 3 is 2.81 bits per heavy atom. The highest BCUT2D eigenvalue weighted by molar-refractivity contribution is 5.79. The number of carbonyl (C=O) groups is 1. The fraction of sp³-hybridized carbons (Fsp3) is 0.500. The highest BCUT2D eigenvalue weighted by atomic mass is 16.1. The van der Waals surface area contributed by atoms with Gasteiger partial charge in [-0.3, -0.25) is 4.79 Å². The first kappa shape index (κ1) is 14.2. The first-order valence-electron chi connectivity index (χ1n) is 8.05. The second-order valence-electron chi connectivity index (χ2n) is 6.16. The van der Waals surface area contributed by atoms with Gasteiger partial charge in [-0.25, -0.2) is 0 Å². The van der Waals surface area contributed by atoms with Gasteiger partial charge in [-0.15, -0.1) is 0 Å². The van der Waals surface area contributed by atoms with Crippen LogP contribution in [0, 0.1) is 11.8 Å². The van der Waals surface area contributed by atoms with E-state index in [0.717, 1.165) is 38.9 Å². The summed E-state index contributed by atoms with van der Waals surface area (Å²) in [6.07, 6.45) is 8.44. The molecule has 0 spiro atoms. The molecule has 1 saturated heterocycles. The van der Waals surface area contributed by atoms with Gasteiger partial charge in [0.15, 0.2) is 0 Å².